The molecule has 0 aliphatic rings. The maximum absolute atomic E-state index is 13.6. The largest absolute Gasteiger partial charge is 0.467 e. The first-order valence-corrected chi connectivity index (χ1v) is 11.9. The fourth-order valence-corrected chi connectivity index (χ4v) is 5.32. The molecule has 0 atom stereocenters. The van der Waals surface area contributed by atoms with Crippen molar-refractivity contribution < 1.29 is 17.6 Å². The lowest BCUT2D eigenvalue weighted by molar-refractivity contribution is 0.0980. The SMILES string of the molecule is CCS(=O)(=O)c1ccccc1C(=O)N(Cc1ccco1)c1nc2c(C)cccc2s1. The van der Waals surface area contributed by atoms with Gasteiger partial charge in [-0.2, -0.15) is 0 Å². The molecular formula is C22H20N2O4S2. The molecule has 0 aliphatic carbocycles. The number of hydrogen-bond donors (Lipinski definition) is 0. The predicted octanol–water partition coefficient (Wildman–Crippen LogP) is 4.84. The van der Waals surface area contributed by atoms with E-state index >= 15 is 0 Å². The van der Waals surface area contributed by atoms with Gasteiger partial charge < -0.3 is 4.42 Å². The highest BCUT2D eigenvalue weighted by atomic mass is 32.2. The van der Waals surface area contributed by atoms with E-state index in [2.05, 4.69) is 4.98 Å². The first-order valence-electron chi connectivity index (χ1n) is 9.43. The van der Waals surface area contributed by atoms with Crippen molar-refractivity contribution in [3.05, 3.63) is 77.7 Å². The molecule has 0 spiro atoms. The lowest BCUT2D eigenvalue weighted by Crippen LogP contribution is -2.31. The van der Waals surface area contributed by atoms with Gasteiger partial charge in [-0.3, -0.25) is 9.69 Å². The van der Waals surface area contributed by atoms with Crippen LogP contribution in [-0.2, 0) is 16.4 Å². The van der Waals surface area contributed by atoms with Crippen LogP contribution in [0.2, 0.25) is 0 Å². The molecule has 154 valence electrons. The number of sulfone groups is 1. The molecule has 0 N–H and O–H groups in total. The molecule has 1 amide bonds. The van der Waals surface area contributed by atoms with Crippen molar-refractivity contribution in [1.29, 1.82) is 0 Å². The summed E-state index contributed by atoms with van der Waals surface area (Å²) in [4.78, 5) is 19.8. The molecule has 0 fully saturated rings. The zero-order chi connectivity index (χ0) is 21.3. The number of amides is 1. The van der Waals surface area contributed by atoms with Crippen LogP contribution >= 0.6 is 11.3 Å². The molecule has 8 heteroatoms. The van der Waals surface area contributed by atoms with Gasteiger partial charge in [0.25, 0.3) is 5.91 Å². The minimum atomic E-state index is -3.57. The third-order valence-corrected chi connectivity index (χ3v) is 7.64. The van der Waals surface area contributed by atoms with Gasteiger partial charge in [0.2, 0.25) is 0 Å². The summed E-state index contributed by atoms with van der Waals surface area (Å²) < 4.78 is 31.6. The molecule has 0 saturated carbocycles. The van der Waals surface area contributed by atoms with Gasteiger partial charge in [-0.15, -0.1) is 0 Å². The van der Waals surface area contributed by atoms with Crippen LogP contribution in [0.4, 0.5) is 5.13 Å². The standard InChI is InChI=1S/C22H20N2O4S2/c1-3-30(26,27)19-12-5-4-10-17(19)21(25)24(14-16-9-7-13-28-16)22-23-20-15(2)8-6-11-18(20)29-22/h4-13H,3,14H2,1-2H3. The van der Waals surface area contributed by atoms with Crippen molar-refractivity contribution in [3.8, 4) is 0 Å². The van der Waals surface area contributed by atoms with Crippen molar-refractivity contribution in [1.82, 2.24) is 4.98 Å². The highest BCUT2D eigenvalue weighted by Crippen LogP contribution is 2.33. The number of fused-ring (bicyclic) bond motifs is 1. The van der Waals surface area contributed by atoms with E-state index in [1.807, 2.05) is 25.1 Å². The van der Waals surface area contributed by atoms with Crippen molar-refractivity contribution in [2.75, 3.05) is 10.7 Å². The molecule has 4 aromatic rings. The summed E-state index contributed by atoms with van der Waals surface area (Å²) >= 11 is 1.39. The molecule has 0 bridgehead atoms. The van der Waals surface area contributed by atoms with Crippen molar-refractivity contribution in [2.24, 2.45) is 0 Å². The Balaban J connectivity index is 1.85. The number of anilines is 1. The molecule has 2 heterocycles. The van der Waals surface area contributed by atoms with Gasteiger partial charge in [0.1, 0.15) is 5.76 Å². The zero-order valence-corrected chi connectivity index (χ0v) is 18.2. The van der Waals surface area contributed by atoms with Crippen molar-refractivity contribution >= 4 is 42.4 Å². The van der Waals surface area contributed by atoms with Crippen molar-refractivity contribution in [2.45, 2.75) is 25.3 Å². The Labute approximate surface area is 178 Å². The summed E-state index contributed by atoms with van der Waals surface area (Å²) in [5.41, 5.74) is 1.96. The topological polar surface area (TPSA) is 80.5 Å². The van der Waals surface area contributed by atoms with Gasteiger partial charge in [0.15, 0.2) is 15.0 Å². The lowest BCUT2D eigenvalue weighted by atomic mass is 10.2. The molecule has 0 saturated heterocycles. The van der Waals surface area contributed by atoms with E-state index < -0.39 is 15.7 Å². The molecule has 0 unspecified atom stereocenters. The van der Waals surface area contributed by atoms with E-state index in [4.69, 9.17) is 4.42 Å². The van der Waals surface area contributed by atoms with E-state index in [-0.39, 0.29) is 22.8 Å². The zero-order valence-electron chi connectivity index (χ0n) is 16.5. The van der Waals surface area contributed by atoms with Gasteiger partial charge in [-0.25, -0.2) is 13.4 Å². The molecule has 0 radical (unpaired) electrons. The number of carbonyl (C=O) groups excluding carboxylic acids is 1. The van der Waals surface area contributed by atoms with Crippen molar-refractivity contribution in [3.63, 3.8) is 0 Å². The number of aryl methyl sites for hydroxylation is 1. The molecule has 2 aromatic heterocycles. The van der Waals surface area contributed by atoms with Crippen LogP contribution in [0, 0.1) is 6.92 Å². The third-order valence-electron chi connectivity index (χ3n) is 4.81. The summed E-state index contributed by atoms with van der Waals surface area (Å²) in [6.45, 7) is 3.67. The minimum Gasteiger partial charge on any atom is -0.467 e. The number of aromatic nitrogens is 1. The Hall–Kier alpha value is -2.97. The Morgan fingerprint density at radius 1 is 1.10 bits per heavy atom. The second kappa shape index (κ2) is 8.04. The third kappa shape index (κ3) is 3.76. The Bertz CT molecular complexity index is 1310. The van der Waals surface area contributed by atoms with Gasteiger partial charge in [-0.1, -0.05) is 42.5 Å². The number of carbonyl (C=O) groups is 1. The molecule has 4 rings (SSSR count). The summed E-state index contributed by atoms with van der Waals surface area (Å²) in [6, 6.07) is 15.7. The summed E-state index contributed by atoms with van der Waals surface area (Å²) in [5, 5.41) is 0.490. The lowest BCUT2D eigenvalue weighted by Gasteiger charge is -2.20. The van der Waals surface area contributed by atoms with E-state index in [1.54, 1.807) is 37.3 Å². The highest BCUT2D eigenvalue weighted by Gasteiger charge is 2.28. The van der Waals surface area contributed by atoms with E-state index in [1.165, 1.54) is 28.6 Å². The second-order valence-electron chi connectivity index (χ2n) is 6.79. The molecule has 30 heavy (non-hydrogen) atoms. The maximum Gasteiger partial charge on any atom is 0.261 e. The summed E-state index contributed by atoms with van der Waals surface area (Å²) in [5.74, 6) is 0.0569. The van der Waals surface area contributed by atoms with Crippen LogP contribution in [-0.4, -0.2) is 25.1 Å². The van der Waals surface area contributed by atoms with Crippen LogP contribution in [0.1, 0.15) is 28.6 Å². The van der Waals surface area contributed by atoms with Gasteiger partial charge >= 0.3 is 0 Å². The monoisotopic (exact) mass is 440 g/mol. The fourth-order valence-electron chi connectivity index (χ4n) is 3.19. The number of rotatable bonds is 6. The quantitative estimate of drug-likeness (QED) is 0.429. The number of thiazole rings is 1. The van der Waals surface area contributed by atoms with Gasteiger partial charge in [0, 0.05) is 0 Å². The highest BCUT2D eigenvalue weighted by molar-refractivity contribution is 7.91. The Morgan fingerprint density at radius 3 is 2.60 bits per heavy atom. The molecule has 6 nitrogen and oxygen atoms in total. The van der Waals surface area contributed by atoms with E-state index in [0.717, 1.165) is 15.8 Å². The number of hydrogen-bond acceptors (Lipinski definition) is 6. The van der Waals surface area contributed by atoms with Crippen LogP contribution in [0.15, 0.2) is 70.2 Å². The first-order chi connectivity index (χ1) is 14.4. The number of benzene rings is 2. The van der Waals surface area contributed by atoms with Crippen LogP contribution in [0.5, 0.6) is 0 Å². The molecular weight excluding hydrogens is 420 g/mol. The first kappa shape index (κ1) is 20.3. The normalized spacial score (nSPS) is 11.7. The molecule has 0 aliphatic heterocycles. The Kier molecular flexibility index (Phi) is 5.44. The Morgan fingerprint density at radius 2 is 1.90 bits per heavy atom. The van der Waals surface area contributed by atoms with Crippen LogP contribution in [0.3, 0.4) is 0 Å². The van der Waals surface area contributed by atoms with Gasteiger partial charge in [0.05, 0.1) is 39.2 Å². The van der Waals surface area contributed by atoms with E-state index in [9.17, 15) is 13.2 Å². The average molecular weight is 441 g/mol. The second-order valence-corrected chi connectivity index (χ2v) is 10.0. The van der Waals surface area contributed by atoms with Gasteiger partial charge in [-0.05, 0) is 42.8 Å². The summed E-state index contributed by atoms with van der Waals surface area (Å²) in [7, 11) is -3.57. The number of furan rings is 1. The minimum absolute atomic E-state index is 0.0271. The number of para-hydroxylation sites is 1. The fraction of sp³-hybridized carbons (Fsp3) is 0.182. The average Bonchev–Trinajstić information content (AvgIpc) is 3.42. The maximum atomic E-state index is 13.6. The summed E-state index contributed by atoms with van der Waals surface area (Å²) in [6.07, 6.45) is 1.54. The molecule has 2 aromatic carbocycles. The number of nitrogens with zero attached hydrogens (tertiary/aromatic N) is 2. The van der Waals surface area contributed by atoms with Crippen LogP contribution < -0.4 is 4.90 Å². The predicted molar refractivity (Wildman–Crippen MR) is 118 cm³/mol. The van der Waals surface area contributed by atoms with Crippen LogP contribution in [0.25, 0.3) is 10.2 Å². The smallest absolute Gasteiger partial charge is 0.261 e. The van der Waals surface area contributed by atoms with E-state index in [0.29, 0.717) is 10.9 Å².